The highest BCUT2D eigenvalue weighted by Gasteiger charge is 2.39. The minimum Gasteiger partial charge on any atom is -0.377 e. The van der Waals surface area contributed by atoms with Gasteiger partial charge in [-0.05, 0) is 6.07 Å². The van der Waals surface area contributed by atoms with Crippen LogP contribution in [-0.4, -0.2) is 20.3 Å². The molecule has 0 fully saturated rings. The summed E-state index contributed by atoms with van der Waals surface area (Å²) in [5.74, 6) is 0. The molecule has 2 N–H and O–H groups in total. The van der Waals surface area contributed by atoms with Crippen molar-refractivity contribution >= 4 is 18.1 Å². The fourth-order valence-corrected chi connectivity index (χ4v) is 1.33. The number of rotatable bonds is 2. The van der Waals surface area contributed by atoms with Gasteiger partial charge in [0.2, 0.25) is 0 Å². The number of nitrogens with zero attached hydrogens (tertiary/aromatic N) is 1. The Kier molecular flexibility index (Phi) is 5.09. The van der Waals surface area contributed by atoms with Gasteiger partial charge in [-0.2, -0.15) is 13.2 Å². The Bertz CT molecular complexity index is 339. The maximum atomic E-state index is 12.4. The number of halogens is 4. The van der Waals surface area contributed by atoms with E-state index in [0.29, 0.717) is 5.69 Å². The third-order valence-corrected chi connectivity index (χ3v) is 2.11. The fraction of sp³-hybridized carbons (Fsp3) is 0.400. The SMILES string of the molecule is CN(C)c1ccccc1[C@@H](N)C(F)(F)F.Cl. The highest BCUT2D eigenvalue weighted by Crippen LogP contribution is 2.34. The predicted molar refractivity (Wildman–Crippen MR) is 61.0 cm³/mol. The van der Waals surface area contributed by atoms with Gasteiger partial charge in [0.25, 0.3) is 0 Å². The van der Waals surface area contributed by atoms with E-state index >= 15 is 0 Å². The number of nitrogens with two attached hydrogens (primary N) is 1. The van der Waals surface area contributed by atoms with Crippen LogP contribution >= 0.6 is 12.4 Å². The Morgan fingerprint density at radius 2 is 1.69 bits per heavy atom. The normalized spacial score (nSPS) is 12.9. The summed E-state index contributed by atoms with van der Waals surface area (Å²) in [6.07, 6.45) is -4.41. The molecule has 0 heterocycles. The quantitative estimate of drug-likeness (QED) is 0.879. The lowest BCUT2D eigenvalue weighted by Crippen LogP contribution is -2.30. The number of hydrogen-bond donors (Lipinski definition) is 1. The van der Waals surface area contributed by atoms with Gasteiger partial charge in [-0.3, -0.25) is 0 Å². The average Bonchev–Trinajstić information content (AvgIpc) is 2.15. The Morgan fingerprint density at radius 1 is 1.19 bits per heavy atom. The van der Waals surface area contributed by atoms with Crippen molar-refractivity contribution in [2.75, 3.05) is 19.0 Å². The van der Waals surface area contributed by atoms with Gasteiger partial charge in [-0.1, -0.05) is 18.2 Å². The molecular weight excluding hydrogens is 241 g/mol. The minimum atomic E-state index is -4.41. The van der Waals surface area contributed by atoms with E-state index in [1.807, 2.05) is 0 Å². The maximum absolute atomic E-state index is 12.4. The monoisotopic (exact) mass is 254 g/mol. The molecule has 1 atom stereocenters. The minimum absolute atomic E-state index is 0. The summed E-state index contributed by atoms with van der Waals surface area (Å²) in [5, 5.41) is 0. The lowest BCUT2D eigenvalue weighted by atomic mass is 10.0. The molecule has 1 aromatic rings. The molecule has 0 spiro atoms. The van der Waals surface area contributed by atoms with Crippen LogP contribution in [0.2, 0.25) is 0 Å². The van der Waals surface area contributed by atoms with Crippen LogP contribution in [0.1, 0.15) is 11.6 Å². The van der Waals surface area contributed by atoms with Gasteiger partial charge in [0.1, 0.15) is 6.04 Å². The van der Waals surface area contributed by atoms with Crippen molar-refractivity contribution in [3.05, 3.63) is 29.8 Å². The van der Waals surface area contributed by atoms with Gasteiger partial charge in [0.15, 0.2) is 0 Å². The van der Waals surface area contributed by atoms with Crippen LogP contribution < -0.4 is 10.6 Å². The third kappa shape index (κ3) is 3.28. The molecule has 2 nitrogen and oxygen atoms in total. The predicted octanol–water partition coefficient (Wildman–Crippen LogP) is 2.74. The van der Waals surface area contributed by atoms with Crippen LogP contribution in [0, 0.1) is 0 Å². The van der Waals surface area contributed by atoms with E-state index in [-0.39, 0.29) is 18.0 Å². The van der Waals surface area contributed by atoms with E-state index in [4.69, 9.17) is 5.73 Å². The summed E-state index contributed by atoms with van der Waals surface area (Å²) in [6.45, 7) is 0. The second-order valence-electron chi connectivity index (χ2n) is 3.47. The van der Waals surface area contributed by atoms with Gasteiger partial charge in [0.05, 0.1) is 0 Å². The van der Waals surface area contributed by atoms with Gasteiger partial charge >= 0.3 is 6.18 Å². The van der Waals surface area contributed by atoms with E-state index in [9.17, 15) is 13.2 Å². The Morgan fingerprint density at radius 3 is 2.12 bits per heavy atom. The number of para-hydroxylation sites is 1. The zero-order chi connectivity index (χ0) is 11.6. The molecule has 0 bridgehead atoms. The highest BCUT2D eigenvalue weighted by atomic mass is 35.5. The van der Waals surface area contributed by atoms with Gasteiger partial charge in [0, 0.05) is 25.3 Å². The molecule has 16 heavy (non-hydrogen) atoms. The Labute approximate surface area is 98.6 Å². The number of hydrogen-bond acceptors (Lipinski definition) is 2. The molecule has 0 unspecified atom stereocenters. The van der Waals surface area contributed by atoms with Crippen molar-refractivity contribution in [2.45, 2.75) is 12.2 Å². The van der Waals surface area contributed by atoms with Crippen molar-refractivity contribution in [1.29, 1.82) is 0 Å². The molecule has 0 aliphatic heterocycles. The van der Waals surface area contributed by atoms with E-state index < -0.39 is 12.2 Å². The Balaban J connectivity index is 0.00000225. The second-order valence-corrected chi connectivity index (χ2v) is 3.47. The van der Waals surface area contributed by atoms with Gasteiger partial charge in [-0.15, -0.1) is 12.4 Å². The van der Waals surface area contributed by atoms with Crippen LogP contribution in [0.3, 0.4) is 0 Å². The average molecular weight is 255 g/mol. The topological polar surface area (TPSA) is 29.3 Å². The molecule has 0 amide bonds. The smallest absolute Gasteiger partial charge is 0.377 e. The van der Waals surface area contributed by atoms with Crippen LogP contribution in [0.4, 0.5) is 18.9 Å². The number of benzene rings is 1. The molecule has 6 heteroatoms. The van der Waals surface area contributed by atoms with Crippen LogP contribution in [0.25, 0.3) is 0 Å². The van der Waals surface area contributed by atoms with E-state index in [0.717, 1.165) is 0 Å². The van der Waals surface area contributed by atoms with Crippen molar-refractivity contribution in [3.63, 3.8) is 0 Å². The van der Waals surface area contributed by atoms with E-state index in [1.54, 1.807) is 37.2 Å². The summed E-state index contributed by atoms with van der Waals surface area (Å²) in [4.78, 5) is 1.61. The molecule has 1 aromatic carbocycles. The summed E-state index contributed by atoms with van der Waals surface area (Å²) in [6, 6.07) is 4.31. The first-order valence-electron chi connectivity index (χ1n) is 4.42. The maximum Gasteiger partial charge on any atom is 0.407 e. The molecule has 0 aliphatic rings. The highest BCUT2D eigenvalue weighted by molar-refractivity contribution is 5.85. The van der Waals surface area contributed by atoms with Crippen LogP contribution in [0.15, 0.2) is 24.3 Å². The summed E-state index contributed by atoms with van der Waals surface area (Å²) in [7, 11) is 3.36. The molecule has 0 aliphatic carbocycles. The largest absolute Gasteiger partial charge is 0.407 e. The molecule has 0 saturated carbocycles. The number of alkyl halides is 3. The zero-order valence-electron chi connectivity index (χ0n) is 8.95. The van der Waals surface area contributed by atoms with Gasteiger partial charge < -0.3 is 10.6 Å². The molecule has 0 saturated heterocycles. The second kappa shape index (κ2) is 5.41. The van der Waals surface area contributed by atoms with Crippen molar-refractivity contribution < 1.29 is 13.2 Å². The van der Waals surface area contributed by atoms with E-state index in [2.05, 4.69) is 0 Å². The fourth-order valence-electron chi connectivity index (χ4n) is 1.33. The zero-order valence-corrected chi connectivity index (χ0v) is 9.77. The van der Waals surface area contributed by atoms with Gasteiger partial charge in [-0.25, -0.2) is 0 Å². The molecule has 0 radical (unpaired) electrons. The van der Waals surface area contributed by atoms with Crippen molar-refractivity contribution in [3.8, 4) is 0 Å². The first-order valence-corrected chi connectivity index (χ1v) is 4.42. The number of anilines is 1. The summed E-state index contributed by atoms with van der Waals surface area (Å²) in [5.41, 5.74) is 5.74. The molecule has 92 valence electrons. The van der Waals surface area contributed by atoms with Crippen molar-refractivity contribution in [1.82, 2.24) is 0 Å². The molecular formula is C10H14ClF3N2. The first-order chi connectivity index (χ1) is 6.84. The van der Waals surface area contributed by atoms with Crippen LogP contribution in [0.5, 0.6) is 0 Å². The lowest BCUT2D eigenvalue weighted by molar-refractivity contribution is -0.149. The first kappa shape index (κ1) is 15.1. The van der Waals surface area contributed by atoms with Crippen LogP contribution in [-0.2, 0) is 0 Å². The third-order valence-electron chi connectivity index (χ3n) is 2.11. The van der Waals surface area contributed by atoms with Crippen molar-refractivity contribution in [2.24, 2.45) is 5.73 Å². The van der Waals surface area contributed by atoms with E-state index in [1.165, 1.54) is 6.07 Å². The molecule has 1 rings (SSSR count). The molecule has 0 aromatic heterocycles. The lowest BCUT2D eigenvalue weighted by Gasteiger charge is -2.22. The summed E-state index contributed by atoms with van der Waals surface area (Å²) >= 11 is 0. The Hall–Kier alpha value is -0.940. The summed E-state index contributed by atoms with van der Waals surface area (Å²) < 4.78 is 37.3. The standard InChI is InChI=1S/C10H13F3N2.ClH/c1-15(2)8-6-4-3-5-7(8)9(14)10(11,12)13;/h3-6,9H,14H2,1-2H3;1H/t9-;/m1./s1.